The first-order chi connectivity index (χ1) is 11.7. The zero-order valence-electron chi connectivity index (χ0n) is 15.0. The first-order valence-electron chi connectivity index (χ1n) is 9.12. The Morgan fingerprint density at radius 2 is 1.92 bits per heavy atom. The molecule has 1 aliphatic heterocycles. The van der Waals surface area contributed by atoms with Crippen LogP contribution in [-0.2, 0) is 17.9 Å². The molecule has 1 amide bonds. The molecule has 0 radical (unpaired) electrons. The van der Waals surface area contributed by atoms with Gasteiger partial charge < -0.3 is 15.5 Å². The number of benzene rings is 1. The van der Waals surface area contributed by atoms with Gasteiger partial charge in [0.2, 0.25) is 5.91 Å². The summed E-state index contributed by atoms with van der Waals surface area (Å²) >= 11 is 0. The summed E-state index contributed by atoms with van der Waals surface area (Å²) in [5.41, 5.74) is 2.38. The van der Waals surface area contributed by atoms with Crippen LogP contribution in [0, 0.1) is 5.92 Å². The average molecular weight is 456 g/mol. The lowest BCUT2D eigenvalue weighted by Crippen LogP contribution is -2.38. The van der Waals surface area contributed by atoms with E-state index < -0.39 is 0 Å². The normalized spacial score (nSPS) is 17.4. The third-order valence-corrected chi connectivity index (χ3v) is 4.59. The van der Waals surface area contributed by atoms with Gasteiger partial charge in [0.25, 0.3) is 0 Å². The molecule has 1 heterocycles. The zero-order valence-corrected chi connectivity index (χ0v) is 17.3. The molecule has 5 nitrogen and oxygen atoms in total. The number of amides is 1. The molecular formula is C19H29IN4O. The summed E-state index contributed by atoms with van der Waals surface area (Å²) in [7, 11) is 0. The molecule has 138 valence electrons. The number of nitrogens with zero attached hydrogens (tertiary/aromatic N) is 2. The third-order valence-electron chi connectivity index (χ3n) is 4.59. The number of hydrogen-bond donors (Lipinski definition) is 2. The molecular weight excluding hydrogens is 427 g/mol. The van der Waals surface area contributed by atoms with Crippen LogP contribution in [0.1, 0.15) is 43.7 Å². The van der Waals surface area contributed by atoms with Crippen molar-refractivity contribution in [2.75, 3.05) is 19.6 Å². The van der Waals surface area contributed by atoms with Crippen LogP contribution in [0.3, 0.4) is 0 Å². The zero-order chi connectivity index (χ0) is 16.8. The van der Waals surface area contributed by atoms with Crippen LogP contribution in [0.15, 0.2) is 29.3 Å². The quantitative estimate of drug-likeness (QED) is 0.377. The van der Waals surface area contributed by atoms with Gasteiger partial charge in [0.1, 0.15) is 0 Å². The highest BCUT2D eigenvalue weighted by Crippen LogP contribution is 2.27. The van der Waals surface area contributed by atoms with Gasteiger partial charge in [-0.1, -0.05) is 24.3 Å². The maximum atomic E-state index is 11.7. The van der Waals surface area contributed by atoms with Gasteiger partial charge in [0.05, 0.1) is 6.54 Å². The largest absolute Gasteiger partial charge is 0.357 e. The maximum Gasteiger partial charge on any atom is 0.222 e. The number of nitrogens with one attached hydrogen (secondary N) is 2. The van der Waals surface area contributed by atoms with Gasteiger partial charge in [-0.15, -0.1) is 24.0 Å². The van der Waals surface area contributed by atoms with Crippen molar-refractivity contribution < 1.29 is 4.79 Å². The highest BCUT2D eigenvalue weighted by atomic mass is 127. The van der Waals surface area contributed by atoms with E-state index in [1.807, 2.05) is 4.90 Å². The average Bonchev–Trinajstić information content (AvgIpc) is 3.34. The number of halogens is 1. The molecule has 0 spiro atoms. The first-order valence-corrected chi connectivity index (χ1v) is 9.12. The van der Waals surface area contributed by atoms with Gasteiger partial charge in [-0.3, -0.25) is 4.79 Å². The molecule has 1 aromatic carbocycles. The summed E-state index contributed by atoms with van der Waals surface area (Å²) < 4.78 is 0. The minimum Gasteiger partial charge on any atom is -0.357 e. The van der Waals surface area contributed by atoms with E-state index in [4.69, 9.17) is 0 Å². The molecule has 0 atom stereocenters. The van der Waals surface area contributed by atoms with Crippen molar-refractivity contribution in [1.82, 2.24) is 15.5 Å². The van der Waals surface area contributed by atoms with Gasteiger partial charge in [-0.25, -0.2) is 4.99 Å². The van der Waals surface area contributed by atoms with Crippen LogP contribution in [0.5, 0.6) is 0 Å². The monoisotopic (exact) mass is 456 g/mol. The molecule has 2 N–H and O–H groups in total. The summed E-state index contributed by atoms with van der Waals surface area (Å²) in [6.07, 6.45) is 4.38. The van der Waals surface area contributed by atoms with E-state index in [0.29, 0.717) is 13.0 Å². The fourth-order valence-corrected chi connectivity index (χ4v) is 2.92. The molecule has 0 aromatic heterocycles. The second kappa shape index (κ2) is 9.99. The number of carbonyl (C=O) groups excluding carboxylic acids is 1. The van der Waals surface area contributed by atoms with Crippen LogP contribution in [0.25, 0.3) is 0 Å². The molecule has 3 rings (SSSR count). The lowest BCUT2D eigenvalue weighted by Gasteiger charge is -2.15. The molecule has 1 aromatic rings. The second-order valence-corrected chi connectivity index (χ2v) is 6.75. The van der Waals surface area contributed by atoms with Crippen LogP contribution in [0.4, 0.5) is 0 Å². The number of likely N-dealkylation sites (tertiary alicyclic amines) is 1. The number of aliphatic imine (C=N–C) groups is 1. The Kier molecular flexibility index (Phi) is 7.99. The van der Waals surface area contributed by atoms with Crippen molar-refractivity contribution in [2.24, 2.45) is 10.9 Å². The Morgan fingerprint density at radius 3 is 2.52 bits per heavy atom. The molecule has 2 aliphatic rings. The van der Waals surface area contributed by atoms with Crippen molar-refractivity contribution in [3.05, 3.63) is 35.4 Å². The van der Waals surface area contributed by atoms with E-state index >= 15 is 0 Å². The second-order valence-electron chi connectivity index (χ2n) is 6.75. The molecule has 0 bridgehead atoms. The number of hydrogen-bond acceptors (Lipinski definition) is 2. The number of rotatable bonds is 7. The minimum absolute atomic E-state index is 0. The molecule has 0 unspecified atom stereocenters. The van der Waals surface area contributed by atoms with Gasteiger partial charge in [0.15, 0.2) is 5.96 Å². The Morgan fingerprint density at radius 1 is 1.20 bits per heavy atom. The van der Waals surface area contributed by atoms with Crippen molar-refractivity contribution in [3.8, 4) is 0 Å². The van der Waals surface area contributed by atoms with E-state index in [1.54, 1.807) is 0 Å². The van der Waals surface area contributed by atoms with Gasteiger partial charge >= 0.3 is 0 Å². The molecule has 25 heavy (non-hydrogen) atoms. The molecule has 1 saturated carbocycles. The Balaban J connectivity index is 0.00000225. The predicted octanol–water partition coefficient (Wildman–Crippen LogP) is 2.89. The molecule has 6 heteroatoms. The first kappa shape index (κ1) is 20.0. The summed E-state index contributed by atoms with van der Waals surface area (Å²) in [6, 6.07) is 8.45. The van der Waals surface area contributed by atoms with Crippen LogP contribution < -0.4 is 10.6 Å². The summed E-state index contributed by atoms with van der Waals surface area (Å²) in [4.78, 5) is 18.3. The van der Waals surface area contributed by atoms with Gasteiger partial charge in [0, 0.05) is 32.6 Å². The van der Waals surface area contributed by atoms with Crippen LogP contribution in [0.2, 0.25) is 0 Å². The topological polar surface area (TPSA) is 56.7 Å². The van der Waals surface area contributed by atoms with Crippen LogP contribution >= 0.6 is 24.0 Å². The highest BCUT2D eigenvalue weighted by molar-refractivity contribution is 14.0. The van der Waals surface area contributed by atoms with Crippen molar-refractivity contribution >= 4 is 35.8 Å². The molecule has 1 saturated heterocycles. The number of guanidine groups is 1. The fourth-order valence-electron chi connectivity index (χ4n) is 2.92. The smallest absolute Gasteiger partial charge is 0.222 e. The molecule has 2 fully saturated rings. The van der Waals surface area contributed by atoms with Crippen LogP contribution in [-0.4, -0.2) is 36.4 Å². The lowest BCUT2D eigenvalue weighted by atomic mass is 10.1. The summed E-state index contributed by atoms with van der Waals surface area (Å²) in [6.45, 7) is 6.27. The fraction of sp³-hybridized carbons (Fsp3) is 0.579. The SMILES string of the molecule is CCNC(=NCc1ccc(CN2CCCC2=O)cc1)NCC1CC1.I. The van der Waals surface area contributed by atoms with Crippen molar-refractivity contribution in [3.63, 3.8) is 0 Å². The van der Waals surface area contributed by atoms with Crippen molar-refractivity contribution in [1.29, 1.82) is 0 Å². The van der Waals surface area contributed by atoms with Crippen molar-refractivity contribution in [2.45, 2.75) is 45.7 Å². The Labute approximate surface area is 167 Å². The highest BCUT2D eigenvalue weighted by Gasteiger charge is 2.21. The molecule has 1 aliphatic carbocycles. The van der Waals surface area contributed by atoms with E-state index in [9.17, 15) is 4.79 Å². The van der Waals surface area contributed by atoms with E-state index in [0.717, 1.165) is 44.5 Å². The summed E-state index contributed by atoms with van der Waals surface area (Å²) in [5, 5.41) is 6.71. The van der Waals surface area contributed by atoms with E-state index in [-0.39, 0.29) is 29.9 Å². The standard InChI is InChI=1S/C19H28N4O.HI/c1-2-20-19(21-12-15-5-6-15)22-13-16-7-9-17(10-8-16)14-23-11-3-4-18(23)24;/h7-10,15H,2-6,11-14H2,1H3,(H2,20,21,22);1H. The maximum absolute atomic E-state index is 11.7. The van der Waals surface area contributed by atoms with Gasteiger partial charge in [-0.05, 0) is 43.2 Å². The van der Waals surface area contributed by atoms with Gasteiger partial charge in [-0.2, -0.15) is 0 Å². The minimum atomic E-state index is 0. The summed E-state index contributed by atoms with van der Waals surface area (Å²) in [5.74, 6) is 2.01. The third kappa shape index (κ3) is 6.49. The predicted molar refractivity (Wildman–Crippen MR) is 112 cm³/mol. The number of carbonyl (C=O) groups is 1. The lowest BCUT2D eigenvalue weighted by molar-refractivity contribution is -0.128. The Hall–Kier alpha value is -1.31. The van der Waals surface area contributed by atoms with E-state index in [2.05, 4.69) is 46.8 Å². The van der Waals surface area contributed by atoms with E-state index in [1.165, 1.54) is 24.0 Å². The Bertz CT molecular complexity index is 584.